The van der Waals surface area contributed by atoms with Crippen molar-refractivity contribution in [1.82, 2.24) is 20.0 Å². The second-order valence-electron chi connectivity index (χ2n) is 8.12. The van der Waals surface area contributed by atoms with Gasteiger partial charge >= 0.3 is 5.97 Å². The number of methoxy groups -OCH3 is 1. The van der Waals surface area contributed by atoms with Crippen LogP contribution in [-0.2, 0) is 16.0 Å². The lowest BCUT2D eigenvalue weighted by Gasteiger charge is -2.32. The van der Waals surface area contributed by atoms with Crippen LogP contribution in [-0.4, -0.2) is 65.8 Å². The van der Waals surface area contributed by atoms with Crippen LogP contribution >= 0.6 is 0 Å². The zero-order chi connectivity index (χ0) is 23.3. The molecule has 9 heteroatoms. The summed E-state index contributed by atoms with van der Waals surface area (Å²) in [5.41, 5.74) is 4.17. The average Bonchev–Trinajstić information content (AvgIpc) is 3.06. The molecule has 32 heavy (non-hydrogen) atoms. The number of amides is 1. The van der Waals surface area contributed by atoms with Gasteiger partial charge in [-0.15, -0.1) is 0 Å². The zero-order valence-corrected chi connectivity index (χ0v) is 18.7. The first-order chi connectivity index (χ1) is 15.3. The summed E-state index contributed by atoms with van der Waals surface area (Å²) in [5.74, 6) is -0.428. The van der Waals surface area contributed by atoms with Crippen molar-refractivity contribution in [3.8, 4) is 5.69 Å². The van der Waals surface area contributed by atoms with E-state index in [-0.39, 0.29) is 24.5 Å². The van der Waals surface area contributed by atoms with Crippen molar-refractivity contribution < 1.29 is 23.1 Å². The maximum atomic E-state index is 12.6. The van der Waals surface area contributed by atoms with Gasteiger partial charge in [-0.1, -0.05) is 0 Å². The summed E-state index contributed by atoms with van der Waals surface area (Å²) in [6.45, 7) is 4.77. The molecule has 1 fully saturated rings. The Morgan fingerprint density at radius 1 is 1.19 bits per heavy atom. The molecule has 0 unspecified atom stereocenters. The van der Waals surface area contributed by atoms with E-state index in [4.69, 9.17) is 4.74 Å². The van der Waals surface area contributed by atoms with Crippen molar-refractivity contribution in [3.05, 3.63) is 46.8 Å². The summed E-state index contributed by atoms with van der Waals surface area (Å²) >= 11 is 0. The summed E-state index contributed by atoms with van der Waals surface area (Å²) in [6, 6.07) is 7.17. The molecule has 2 aromatic rings. The third-order valence-corrected chi connectivity index (χ3v) is 5.94. The van der Waals surface area contributed by atoms with Gasteiger partial charge < -0.3 is 10.1 Å². The van der Waals surface area contributed by atoms with Crippen LogP contribution in [0.5, 0.6) is 0 Å². The van der Waals surface area contributed by atoms with Crippen LogP contribution in [0.2, 0.25) is 0 Å². The van der Waals surface area contributed by atoms with Gasteiger partial charge in [0.2, 0.25) is 0 Å². The highest BCUT2D eigenvalue weighted by Crippen LogP contribution is 2.20. The predicted octanol–water partition coefficient (Wildman–Crippen LogP) is 3.05. The number of nitrogens with one attached hydrogen (secondary N) is 1. The van der Waals surface area contributed by atoms with Crippen molar-refractivity contribution in [1.29, 1.82) is 0 Å². The number of aryl methyl sites for hydroxylation is 1. The van der Waals surface area contributed by atoms with Crippen LogP contribution in [0, 0.1) is 13.8 Å². The first-order valence-electron chi connectivity index (χ1n) is 10.8. The molecule has 0 saturated carbocycles. The van der Waals surface area contributed by atoms with Crippen molar-refractivity contribution >= 4 is 11.9 Å². The highest BCUT2D eigenvalue weighted by Gasteiger charge is 2.23. The molecule has 3 rings (SSSR count). The molecule has 7 nitrogen and oxygen atoms in total. The minimum absolute atomic E-state index is 0.00974. The number of carbonyl (C=O) groups is 2. The topological polar surface area (TPSA) is 76.5 Å². The van der Waals surface area contributed by atoms with Crippen LogP contribution in [0.15, 0.2) is 24.3 Å². The number of piperidine rings is 1. The fourth-order valence-corrected chi connectivity index (χ4v) is 4.10. The second-order valence-corrected chi connectivity index (χ2v) is 8.12. The number of halogens is 2. The van der Waals surface area contributed by atoms with E-state index in [0.717, 1.165) is 22.6 Å². The molecule has 1 aromatic heterocycles. The van der Waals surface area contributed by atoms with Crippen LogP contribution in [0.3, 0.4) is 0 Å². The van der Waals surface area contributed by atoms with E-state index in [0.29, 0.717) is 44.3 Å². The molecule has 2 heterocycles. The minimum Gasteiger partial charge on any atom is -0.469 e. The minimum atomic E-state index is -2.33. The molecule has 1 aliphatic heterocycles. The molecule has 0 radical (unpaired) electrons. The van der Waals surface area contributed by atoms with E-state index in [1.54, 1.807) is 17.0 Å². The van der Waals surface area contributed by atoms with Crippen LogP contribution in [0.25, 0.3) is 5.69 Å². The number of hydrogen-bond donors (Lipinski definition) is 1. The molecule has 0 atom stereocenters. The van der Waals surface area contributed by atoms with Gasteiger partial charge in [0.1, 0.15) is 0 Å². The average molecular weight is 449 g/mol. The maximum Gasteiger partial charge on any atom is 0.305 e. The number of esters is 1. The number of nitrogens with zero attached hydrogens (tertiary/aromatic N) is 3. The quantitative estimate of drug-likeness (QED) is 0.629. The van der Waals surface area contributed by atoms with E-state index in [1.165, 1.54) is 7.11 Å². The molecule has 174 valence electrons. The second kappa shape index (κ2) is 10.7. The fraction of sp³-hybridized carbons (Fsp3) is 0.522. The Bertz CT molecular complexity index is 935. The molecule has 1 saturated heterocycles. The van der Waals surface area contributed by atoms with Gasteiger partial charge in [-0.3, -0.25) is 14.5 Å². The van der Waals surface area contributed by atoms with Gasteiger partial charge in [-0.2, -0.15) is 5.10 Å². The highest BCUT2D eigenvalue weighted by molar-refractivity contribution is 5.94. The van der Waals surface area contributed by atoms with Crippen molar-refractivity contribution in [2.45, 2.75) is 52.0 Å². The number of carbonyl (C=O) groups excluding carboxylic acids is 2. The van der Waals surface area contributed by atoms with E-state index in [2.05, 4.69) is 10.4 Å². The number of aromatic nitrogens is 2. The van der Waals surface area contributed by atoms with Gasteiger partial charge in [0.15, 0.2) is 0 Å². The number of likely N-dealkylation sites (tertiary alicyclic amines) is 1. The van der Waals surface area contributed by atoms with Crippen molar-refractivity contribution in [2.24, 2.45) is 0 Å². The lowest BCUT2D eigenvalue weighted by molar-refractivity contribution is -0.140. The molecule has 1 N–H and O–H groups in total. The lowest BCUT2D eigenvalue weighted by Crippen LogP contribution is -2.45. The van der Waals surface area contributed by atoms with Crippen LogP contribution in [0.4, 0.5) is 8.78 Å². The molecule has 0 aliphatic carbocycles. The Labute approximate surface area is 186 Å². The molecular weight excluding hydrogens is 418 g/mol. The number of hydrogen-bond acceptors (Lipinski definition) is 5. The third kappa shape index (κ3) is 5.91. The first-order valence-corrected chi connectivity index (χ1v) is 10.8. The fourth-order valence-electron chi connectivity index (χ4n) is 4.10. The number of alkyl halides is 2. The third-order valence-electron chi connectivity index (χ3n) is 5.94. The maximum absolute atomic E-state index is 12.6. The lowest BCUT2D eigenvalue weighted by atomic mass is 10.0. The number of rotatable bonds is 8. The molecule has 0 spiro atoms. The molecule has 1 amide bonds. The van der Waals surface area contributed by atoms with Gasteiger partial charge in [-0.25, -0.2) is 13.5 Å². The largest absolute Gasteiger partial charge is 0.469 e. The van der Waals surface area contributed by atoms with Crippen molar-refractivity contribution in [3.63, 3.8) is 0 Å². The molecule has 0 bridgehead atoms. The summed E-state index contributed by atoms with van der Waals surface area (Å²) < 4.78 is 31.5. The number of ether oxygens (including phenoxy) is 1. The Hall–Kier alpha value is -2.81. The summed E-state index contributed by atoms with van der Waals surface area (Å²) in [6.07, 6.45) is -0.149. The van der Waals surface area contributed by atoms with Crippen LogP contribution < -0.4 is 5.32 Å². The Balaban J connectivity index is 1.60. The smallest absolute Gasteiger partial charge is 0.305 e. The Morgan fingerprint density at radius 2 is 1.84 bits per heavy atom. The Kier molecular flexibility index (Phi) is 7.95. The summed E-state index contributed by atoms with van der Waals surface area (Å²) in [7, 11) is 1.37. The van der Waals surface area contributed by atoms with E-state index in [9.17, 15) is 18.4 Å². The standard InChI is InChI=1S/C23H30F2N4O3/c1-15-20(8-9-22(30)32-3)16(2)29(27-15)19-6-4-17(5-7-19)23(31)26-18-10-12-28(13-11-18)14-21(24)25/h4-7,18,21H,8-14H2,1-3H3,(H,26,31). The molecular formula is C23H30F2N4O3. The summed E-state index contributed by atoms with van der Waals surface area (Å²) in [4.78, 5) is 25.8. The number of benzene rings is 1. The predicted molar refractivity (Wildman–Crippen MR) is 116 cm³/mol. The highest BCUT2D eigenvalue weighted by atomic mass is 19.3. The normalized spacial score (nSPS) is 15.2. The van der Waals surface area contributed by atoms with E-state index < -0.39 is 6.43 Å². The van der Waals surface area contributed by atoms with Gasteiger partial charge in [0, 0.05) is 36.8 Å². The SMILES string of the molecule is COC(=O)CCc1c(C)nn(-c2ccc(C(=O)NC3CCN(CC(F)F)CC3)cc2)c1C. The molecule has 1 aliphatic rings. The Morgan fingerprint density at radius 3 is 2.44 bits per heavy atom. The van der Waals surface area contributed by atoms with Crippen LogP contribution in [0.1, 0.15) is 46.6 Å². The van der Waals surface area contributed by atoms with E-state index in [1.807, 2.05) is 30.7 Å². The molecule has 1 aromatic carbocycles. The first kappa shape index (κ1) is 23.8. The van der Waals surface area contributed by atoms with Crippen molar-refractivity contribution in [2.75, 3.05) is 26.7 Å². The zero-order valence-electron chi connectivity index (χ0n) is 18.7. The van der Waals surface area contributed by atoms with Gasteiger partial charge in [0.25, 0.3) is 12.3 Å². The monoisotopic (exact) mass is 448 g/mol. The summed E-state index contributed by atoms with van der Waals surface area (Å²) in [5, 5.41) is 7.59. The van der Waals surface area contributed by atoms with Gasteiger partial charge in [0.05, 0.1) is 25.0 Å². The van der Waals surface area contributed by atoms with E-state index >= 15 is 0 Å². The van der Waals surface area contributed by atoms with Gasteiger partial charge in [-0.05, 0) is 62.9 Å².